The molecule has 1 amide bonds. The van der Waals surface area contributed by atoms with Gasteiger partial charge < -0.3 is 5.32 Å². The van der Waals surface area contributed by atoms with Crippen LogP contribution in [0.25, 0.3) is 0 Å². The summed E-state index contributed by atoms with van der Waals surface area (Å²) in [6, 6.07) is 7.12. The van der Waals surface area contributed by atoms with Crippen molar-refractivity contribution in [1.29, 1.82) is 0 Å². The molecular weight excluding hydrogens is 299 g/mol. The molecule has 0 bridgehead atoms. The van der Waals surface area contributed by atoms with Gasteiger partial charge in [-0.25, -0.2) is 0 Å². The lowest BCUT2D eigenvalue weighted by molar-refractivity contribution is -0.137. The summed E-state index contributed by atoms with van der Waals surface area (Å²) in [5.41, 5.74) is 0.924. The molecule has 1 N–H and O–H groups in total. The first-order valence-corrected chi connectivity index (χ1v) is 6.91. The van der Waals surface area contributed by atoms with Gasteiger partial charge in [0, 0.05) is 10.8 Å². The molecule has 1 aromatic rings. The molecule has 1 atom stereocenters. The Balaban J connectivity index is 2.38. The second-order valence-electron chi connectivity index (χ2n) is 3.92. The Hall–Kier alpha value is -0.880. The van der Waals surface area contributed by atoms with E-state index in [0.717, 1.165) is 5.56 Å². The number of benzene rings is 1. The molecule has 1 unspecified atom stereocenters. The Labute approximate surface area is 118 Å². The van der Waals surface area contributed by atoms with Crippen LogP contribution in [0, 0.1) is 0 Å². The third-order valence-corrected chi connectivity index (χ3v) is 3.67. The number of rotatable bonds is 5. The predicted molar refractivity (Wildman–Crippen MR) is 71.3 cm³/mol. The highest BCUT2D eigenvalue weighted by molar-refractivity contribution is 7.99. The Morgan fingerprint density at radius 3 is 2.74 bits per heavy atom. The van der Waals surface area contributed by atoms with E-state index >= 15 is 0 Å². The van der Waals surface area contributed by atoms with E-state index < -0.39 is 23.9 Å². The fourth-order valence-electron chi connectivity index (χ4n) is 1.25. The number of hydrogen-bond acceptors (Lipinski definition) is 2. The Morgan fingerprint density at radius 2 is 2.16 bits per heavy atom. The molecule has 0 radical (unpaired) electrons. The average Bonchev–Trinajstić information content (AvgIpc) is 2.32. The molecule has 0 saturated heterocycles. The number of thioether (sulfide) groups is 1. The van der Waals surface area contributed by atoms with Crippen LogP contribution in [-0.2, 0) is 10.5 Å². The molecule has 0 heterocycles. The molecule has 0 spiro atoms. The third-order valence-electron chi connectivity index (χ3n) is 2.22. The van der Waals surface area contributed by atoms with Crippen molar-refractivity contribution in [3.63, 3.8) is 0 Å². The first-order chi connectivity index (χ1) is 8.78. The minimum atomic E-state index is -4.38. The second kappa shape index (κ2) is 7.05. The van der Waals surface area contributed by atoms with E-state index in [1.807, 2.05) is 11.4 Å². The molecule has 1 aromatic carbocycles. The number of halogens is 4. The molecule has 0 aliphatic carbocycles. The summed E-state index contributed by atoms with van der Waals surface area (Å²) in [6.45, 7) is 0.273. The number of amides is 1. The van der Waals surface area contributed by atoms with Crippen LogP contribution in [0.4, 0.5) is 13.2 Å². The van der Waals surface area contributed by atoms with E-state index in [2.05, 4.69) is 0 Å². The maximum Gasteiger partial charge on any atom is 0.405 e. The largest absolute Gasteiger partial charge is 0.405 e. The van der Waals surface area contributed by atoms with Gasteiger partial charge in [0.15, 0.2) is 0 Å². The van der Waals surface area contributed by atoms with E-state index in [9.17, 15) is 18.0 Å². The number of nitrogens with one attached hydrogen (secondary N) is 1. The zero-order valence-electron chi connectivity index (χ0n) is 10.1. The molecule has 0 fully saturated rings. The van der Waals surface area contributed by atoms with Crippen LogP contribution in [0.1, 0.15) is 12.5 Å². The maximum absolute atomic E-state index is 11.9. The minimum Gasteiger partial charge on any atom is -0.346 e. The van der Waals surface area contributed by atoms with Gasteiger partial charge in [0.05, 0.1) is 5.25 Å². The molecule has 0 saturated carbocycles. The van der Waals surface area contributed by atoms with Crippen molar-refractivity contribution in [2.45, 2.75) is 24.1 Å². The van der Waals surface area contributed by atoms with Crippen molar-refractivity contribution in [3.05, 3.63) is 34.9 Å². The molecule has 0 aromatic heterocycles. The lowest BCUT2D eigenvalue weighted by Crippen LogP contribution is -2.38. The summed E-state index contributed by atoms with van der Waals surface area (Å²) in [6.07, 6.45) is -4.38. The second-order valence-corrected chi connectivity index (χ2v) is 5.68. The zero-order chi connectivity index (χ0) is 14.5. The Morgan fingerprint density at radius 1 is 1.47 bits per heavy atom. The molecule has 0 aliphatic rings. The standard InChI is InChI=1S/C12H13ClF3NOS/c1-8(11(18)17-7-12(14,15)16)19-6-9-3-2-4-10(13)5-9/h2-5,8H,6-7H2,1H3,(H,17,18). The number of carbonyl (C=O) groups is 1. The van der Waals surface area contributed by atoms with Crippen molar-refractivity contribution < 1.29 is 18.0 Å². The van der Waals surface area contributed by atoms with Gasteiger partial charge in [0.25, 0.3) is 0 Å². The highest BCUT2D eigenvalue weighted by Crippen LogP contribution is 2.20. The molecule has 1 rings (SSSR count). The smallest absolute Gasteiger partial charge is 0.346 e. The Bertz CT molecular complexity index is 439. The summed E-state index contributed by atoms with van der Waals surface area (Å²) in [4.78, 5) is 11.4. The van der Waals surface area contributed by atoms with Gasteiger partial charge in [-0.3, -0.25) is 4.79 Å². The summed E-state index contributed by atoms with van der Waals surface area (Å²) in [5.74, 6) is -0.106. The van der Waals surface area contributed by atoms with E-state index in [4.69, 9.17) is 11.6 Å². The number of hydrogen-bond donors (Lipinski definition) is 1. The van der Waals surface area contributed by atoms with E-state index in [1.165, 1.54) is 11.8 Å². The monoisotopic (exact) mass is 311 g/mol. The van der Waals surface area contributed by atoms with Gasteiger partial charge in [-0.1, -0.05) is 23.7 Å². The van der Waals surface area contributed by atoms with Crippen LogP contribution in [0.5, 0.6) is 0 Å². The quantitative estimate of drug-likeness (QED) is 0.899. The topological polar surface area (TPSA) is 29.1 Å². The fraction of sp³-hybridized carbons (Fsp3) is 0.417. The highest BCUT2D eigenvalue weighted by atomic mass is 35.5. The summed E-state index contributed by atoms with van der Waals surface area (Å²) < 4.78 is 35.8. The van der Waals surface area contributed by atoms with Crippen molar-refractivity contribution in [2.75, 3.05) is 6.54 Å². The number of carbonyl (C=O) groups excluding carboxylic acids is 1. The van der Waals surface area contributed by atoms with Gasteiger partial charge in [-0.2, -0.15) is 13.2 Å². The number of alkyl halides is 3. The van der Waals surface area contributed by atoms with Crippen molar-refractivity contribution in [3.8, 4) is 0 Å². The van der Waals surface area contributed by atoms with Crippen LogP contribution in [0.3, 0.4) is 0 Å². The molecule has 2 nitrogen and oxygen atoms in total. The first-order valence-electron chi connectivity index (χ1n) is 5.48. The molecule has 19 heavy (non-hydrogen) atoms. The summed E-state index contributed by atoms with van der Waals surface area (Å²) in [7, 11) is 0. The fourth-order valence-corrected chi connectivity index (χ4v) is 2.32. The third kappa shape index (κ3) is 6.73. The minimum absolute atomic E-state index is 0.515. The van der Waals surface area contributed by atoms with Crippen molar-refractivity contribution >= 4 is 29.3 Å². The van der Waals surface area contributed by atoms with Crippen molar-refractivity contribution in [1.82, 2.24) is 5.32 Å². The molecule has 0 aliphatic heterocycles. The molecule has 106 valence electrons. The predicted octanol–water partition coefficient (Wildman–Crippen LogP) is 3.64. The van der Waals surface area contributed by atoms with Gasteiger partial charge in [-0.15, -0.1) is 11.8 Å². The van der Waals surface area contributed by atoms with E-state index in [1.54, 1.807) is 25.1 Å². The van der Waals surface area contributed by atoms with Crippen LogP contribution >= 0.6 is 23.4 Å². The zero-order valence-corrected chi connectivity index (χ0v) is 11.7. The van der Waals surface area contributed by atoms with E-state index in [-0.39, 0.29) is 0 Å². The van der Waals surface area contributed by atoms with E-state index in [0.29, 0.717) is 10.8 Å². The highest BCUT2D eigenvalue weighted by Gasteiger charge is 2.28. The lowest BCUT2D eigenvalue weighted by atomic mass is 10.2. The van der Waals surface area contributed by atoms with Gasteiger partial charge in [-0.05, 0) is 24.6 Å². The SMILES string of the molecule is CC(SCc1cccc(Cl)c1)C(=O)NCC(F)(F)F. The molecule has 7 heteroatoms. The van der Waals surface area contributed by atoms with Crippen LogP contribution < -0.4 is 5.32 Å². The van der Waals surface area contributed by atoms with Crippen LogP contribution in [-0.4, -0.2) is 23.9 Å². The van der Waals surface area contributed by atoms with Gasteiger partial charge in [0.2, 0.25) is 5.91 Å². The van der Waals surface area contributed by atoms with Gasteiger partial charge >= 0.3 is 6.18 Å². The Kier molecular flexibility index (Phi) is 6.00. The van der Waals surface area contributed by atoms with Crippen LogP contribution in [0.15, 0.2) is 24.3 Å². The van der Waals surface area contributed by atoms with Crippen LogP contribution in [0.2, 0.25) is 5.02 Å². The first kappa shape index (κ1) is 16.2. The van der Waals surface area contributed by atoms with Gasteiger partial charge in [0.1, 0.15) is 6.54 Å². The molecular formula is C12H13ClF3NOS. The van der Waals surface area contributed by atoms with Crippen molar-refractivity contribution in [2.24, 2.45) is 0 Å². The lowest BCUT2D eigenvalue weighted by Gasteiger charge is -2.13. The maximum atomic E-state index is 11.9. The summed E-state index contributed by atoms with van der Waals surface area (Å²) in [5, 5.41) is 1.89. The normalized spacial score (nSPS) is 13.1. The average molecular weight is 312 g/mol. The summed E-state index contributed by atoms with van der Waals surface area (Å²) >= 11 is 7.07.